The maximum absolute atomic E-state index is 14.0. The second-order valence-electron chi connectivity index (χ2n) is 6.33. The van der Waals surface area contributed by atoms with Gasteiger partial charge in [-0.05, 0) is 49.2 Å². The number of hydrogen-bond donors (Lipinski definition) is 1. The van der Waals surface area contributed by atoms with Crippen molar-refractivity contribution in [1.29, 1.82) is 0 Å². The molecule has 7 heteroatoms. The first-order valence-electron chi connectivity index (χ1n) is 8.00. The number of amides is 3. The fourth-order valence-corrected chi connectivity index (χ4v) is 3.29. The summed E-state index contributed by atoms with van der Waals surface area (Å²) in [7, 11) is 1.56. The molecule has 2 aromatic rings. The largest absolute Gasteiger partial charge is 0.496 e. The number of carbonyl (C=O) groups is 2. The molecule has 0 spiro atoms. The van der Waals surface area contributed by atoms with Gasteiger partial charge < -0.3 is 10.1 Å². The number of hydrogen-bond acceptors (Lipinski definition) is 3. The highest BCUT2D eigenvalue weighted by atomic mass is 35.5. The van der Waals surface area contributed by atoms with Crippen LogP contribution >= 0.6 is 11.6 Å². The molecular formula is C19H18ClFN2O3. The number of rotatable bonds is 4. The van der Waals surface area contributed by atoms with E-state index in [1.807, 2.05) is 6.92 Å². The lowest BCUT2D eigenvalue weighted by Gasteiger charge is -2.23. The van der Waals surface area contributed by atoms with Gasteiger partial charge in [0.05, 0.1) is 13.7 Å². The van der Waals surface area contributed by atoms with Gasteiger partial charge in [0.1, 0.15) is 17.1 Å². The van der Waals surface area contributed by atoms with E-state index in [0.717, 1.165) is 10.5 Å². The zero-order valence-corrected chi connectivity index (χ0v) is 15.4. The zero-order chi connectivity index (χ0) is 19.1. The van der Waals surface area contributed by atoms with Crippen molar-refractivity contribution in [2.45, 2.75) is 25.9 Å². The molecule has 0 saturated carbocycles. The molecule has 1 atom stereocenters. The molecule has 1 unspecified atom stereocenters. The minimum atomic E-state index is -1.24. The zero-order valence-electron chi connectivity index (χ0n) is 14.6. The lowest BCUT2D eigenvalue weighted by molar-refractivity contribution is -0.131. The highest BCUT2D eigenvalue weighted by Gasteiger charge is 2.49. The van der Waals surface area contributed by atoms with Gasteiger partial charge in [-0.25, -0.2) is 9.18 Å². The van der Waals surface area contributed by atoms with E-state index in [4.69, 9.17) is 16.3 Å². The summed E-state index contributed by atoms with van der Waals surface area (Å²) < 4.78 is 19.3. The lowest BCUT2D eigenvalue weighted by atomic mass is 9.90. The van der Waals surface area contributed by atoms with Crippen molar-refractivity contribution in [2.75, 3.05) is 7.11 Å². The Hall–Kier alpha value is -2.60. The number of methoxy groups -OCH3 is 1. The number of imide groups is 1. The van der Waals surface area contributed by atoms with Crippen LogP contribution in [-0.2, 0) is 16.9 Å². The molecule has 0 aliphatic carbocycles. The van der Waals surface area contributed by atoms with Crippen molar-refractivity contribution >= 4 is 23.5 Å². The van der Waals surface area contributed by atoms with Gasteiger partial charge >= 0.3 is 6.03 Å². The van der Waals surface area contributed by atoms with E-state index in [1.54, 1.807) is 32.2 Å². The third kappa shape index (κ3) is 2.90. The van der Waals surface area contributed by atoms with Crippen molar-refractivity contribution in [1.82, 2.24) is 10.2 Å². The predicted molar refractivity (Wildman–Crippen MR) is 95.6 cm³/mol. The maximum atomic E-state index is 14.0. The molecule has 0 bridgehead atoms. The molecule has 0 radical (unpaired) electrons. The number of ether oxygens (including phenoxy) is 1. The number of nitrogens with one attached hydrogen (secondary N) is 1. The number of carbonyl (C=O) groups excluding carboxylic acids is 2. The third-order valence-electron chi connectivity index (χ3n) is 4.63. The van der Waals surface area contributed by atoms with Crippen molar-refractivity contribution in [3.8, 4) is 5.75 Å². The van der Waals surface area contributed by atoms with Crippen molar-refractivity contribution < 1.29 is 18.7 Å². The molecule has 26 heavy (non-hydrogen) atoms. The van der Waals surface area contributed by atoms with E-state index in [0.29, 0.717) is 11.3 Å². The molecule has 0 aromatic heterocycles. The monoisotopic (exact) mass is 376 g/mol. The minimum absolute atomic E-state index is 0.104. The molecule has 1 saturated heterocycles. The normalized spacial score (nSPS) is 19.7. The number of urea groups is 1. The van der Waals surface area contributed by atoms with E-state index >= 15 is 0 Å². The molecule has 3 rings (SSSR count). The summed E-state index contributed by atoms with van der Waals surface area (Å²) in [6.45, 7) is 3.24. The van der Waals surface area contributed by atoms with E-state index in [1.165, 1.54) is 18.2 Å². The first kappa shape index (κ1) is 18.2. The van der Waals surface area contributed by atoms with Crippen LogP contribution in [0.1, 0.15) is 23.6 Å². The Labute approximate surface area is 155 Å². The summed E-state index contributed by atoms with van der Waals surface area (Å²) in [4.78, 5) is 26.4. The summed E-state index contributed by atoms with van der Waals surface area (Å²) in [5, 5.41) is 2.87. The van der Waals surface area contributed by atoms with E-state index in [2.05, 4.69) is 5.32 Å². The van der Waals surface area contributed by atoms with Gasteiger partial charge in [0.15, 0.2) is 0 Å². The fourth-order valence-electron chi connectivity index (χ4n) is 3.07. The second-order valence-corrected chi connectivity index (χ2v) is 6.74. The van der Waals surface area contributed by atoms with Crippen molar-refractivity contribution in [3.05, 3.63) is 63.9 Å². The summed E-state index contributed by atoms with van der Waals surface area (Å²) in [5.74, 6) is -0.345. The summed E-state index contributed by atoms with van der Waals surface area (Å²) in [6, 6.07) is 8.89. The van der Waals surface area contributed by atoms with Crippen LogP contribution in [0, 0.1) is 12.7 Å². The molecular weight excluding hydrogens is 359 g/mol. The van der Waals surface area contributed by atoms with Gasteiger partial charge in [0.2, 0.25) is 0 Å². The number of nitrogens with zero attached hydrogens (tertiary/aromatic N) is 1. The number of aryl methyl sites for hydroxylation is 1. The van der Waals surface area contributed by atoms with Gasteiger partial charge in [-0.1, -0.05) is 23.7 Å². The summed E-state index contributed by atoms with van der Waals surface area (Å²) in [6.07, 6.45) is 0. The van der Waals surface area contributed by atoms with Crippen LogP contribution in [0.2, 0.25) is 5.02 Å². The van der Waals surface area contributed by atoms with Crippen LogP contribution < -0.4 is 10.1 Å². The average Bonchev–Trinajstić information content (AvgIpc) is 2.81. The van der Waals surface area contributed by atoms with Gasteiger partial charge in [0, 0.05) is 10.6 Å². The Kier molecular flexibility index (Phi) is 4.63. The highest BCUT2D eigenvalue weighted by molar-refractivity contribution is 6.31. The van der Waals surface area contributed by atoms with Crippen LogP contribution in [0.15, 0.2) is 36.4 Å². The average molecular weight is 377 g/mol. The molecule has 2 aromatic carbocycles. The fraction of sp³-hybridized carbons (Fsp3) is 0.263. The van der Waals surface area contributed by atoms with Crippen LogP contribution in [-0.4, -0.2) is 23.9 Å². The number of benzene rings is 2. The Morgan fingerprint density at radius 2 is 2.00 bits per heavy atom. The summed E-state index contributed by atoms with van der Waals surface area (Å²) >= 11 is 6.02. The Morgan fingerprint density at radius 3 is 2.62 bits per heavy atom. The van der Waals surface area contributed by atoms with Crippen LogP contribution in [0.3, 0.4) is 0 Å². The molecule has 1 N–H and O–H groups in total. The van der Waals surface area contributed by atoms with E-state index in [-0.39, 0.29) is 17.1 Å². The molecule has 1 aliphatic rings. The molecule has 5 nitrogen and oxygen atoms in total. The van der Waals surface area contributed by atoms with Crippen LogP contribution in [0.5, 0.6) is 5.75 Å². The topological polar surface area (TPSA) is 58.6 Å². The molecule has 1 aliphatic heterocycles. The minimum Gasteiger partial charge on any atom is -0.496 e. The third-order valence-corrected chi connectivity index (χ3v) is 4.98. The molecule has 136 valence electrons. The van der Waals surface area contributed by atoms with Gasteiger partial charge in [0.25, 0.3) is 5.91 Å². The summed E-state index contributed by atoms with van der Waals surface area (Å²) in [5.41, 5.74) is 0.319. The second kappa shape index (κ2) is 6.61. The lowest BCUT2D eigenvalue weighted by Crippen LogP contribution is -2.40. The Bertz CT molecular complexity index is 882. The first-order valence-corrected chi connectivity index (χ1v) is 8.38. The first-order chi connectivity index (χ1) is 12.3. The van der Waals surface area contributed by atoms with Crippen molar-refractivity contribution in [3.63, 3.8) is 0 Å². The predicted octanol–water partition coefficient (Wildman–Crippen LogP) is 3.76. The molecule has 1 fully saturated rings. The van der Waals surface area contributed by atoms with E-state index < -0.39 is 23.3 Å². The highest BCUT2D eigenvalue weighted by Crippen LogP contribution is 2.33. The standard InChI is InChI=1S/C19H18ClFN2O3/c1-11-9-12(7-8-16(11)26-3)19(2)17(24)23(18(25)22-19)10-13-14(20)5-4-6-15(13)21/h4-9H,10H2,1-3H3,(H,22,25). The smallest absolute Gasteiger partial charge is 0.325 e. The van der Waals surface area contributed by atoms with E-state index in [9.17, 15) is 14.0 Å². The maximum Gasteiger partial charge on any atom is 0.325 e. The number of halogens is 2. The quantitative estimate of drug-likeness (QED) is 0.826. The van der Waals surface area contributed by atoms with Crippen LogP contribution in [0.25, 0.3) is 0 Å². The van der Waals surface area contributed by atoms with Gasteiger partial charge in [-0.2, -0.15) is 0 Å². The van der Waals surface area contributed by atoms with Gasteiger partial charge in [-0.15, -0.1) is 0 Å². The molecule has 3 amide bonds. The Balaban J connectivity index is 1.94. The SMILES string of the molecule is COc1ccc(C2(C)NC(=O)N(Cc3c(F)cccc3Cl)C2=O)cc1C. The van der Waals surface area contributed by atoms with Crippen LogP contribution in [0.4, 0.5) is 9.18 Å². The Morgan fingerprint density at radius 1 is 1.27 bits per heavy atom. The van der Waals surface area contributed by atoms with Crippen molar-refractivity contribution in [2.24, 2.45) is 0 Å². The molecule has 1 heterocycles. The van der Waals surface area contributed by atoms with Gasteiger partial charge in [-0.3, -0.25) is 9.69 Å².